The average Bonchev–Trinajstić information content (AvgIpc) is 3.05. The third-order valence-electron chi connectivity index (χ3n) is 4.63. The molecule has 3 rings (SSSR count). The van der Waals surface area contributed by atoms with Crippen LogP contribution in [0.25, 0.3) is 10.9 Å². The summed E-state index contributed by atoms with van der Waals surface area (Å²) in [4.78, 5) is 17.2. The van der Waals surface area contributed by atoms with E-state index in [9.17, 15) is 4.79 Å². The number of rotatable bonds is 6. The fourth-order valence-electron chi connectivity index (χ4n) is 2.95. The summed E-state index contributed by atoms with van der Waals surface area (Å²) < 4.78 is 5.19. The minimum atomic E-state index is -0.119. The number of para-hydroxylation sites is 1. The van der Waals surface area contributed by atoms with Crippen molar-refractivity contribution < 1.29 is 14.4 Å². The molecule has 1 heterocycles. The molecular formula is C20H23N2O2+. The van der Waals surface area contributed by atoms with E-state index < -0.39 is 0 Å². The molecule has 3 aromatic rings. The number of hydrogen-bond acceptors (Lipinski definition) is 2. The molecule has 124 valence electrons. The van der Waals surface area contributed by atoms with Crippen LogP contribution in [0.1, 0.15) is 22.8 Å². The van der Waals surface area contributed by atoms with Gasteiger partial charge in [-0.3, -0.25) is 4.79 Å². The Labute approximate surface area is 142 Å². The minimum absolute atomic E-state index is 0.119. The van der Waals surface area contributed by atoms with Crippen LogP contribution >= 0.6 is 0 Å². The van der Waals surface area contributed by atoms with Gasteiger partial charge in [-0.1, -0.05) is 18.2 Å². The van der Waals surface area contributed by atoms with E-state index in [0.29, 0.717) is 0 Å². The second-order valence-corrected chi connectivity index (χ2v) is 6.21. The van der Waals surface area contributed by atoms with Gasteiger partial charge in [0.2, 0.25) is 5.78 Å². The molecule has 0 aliphatic carbocycles. The van der Waals surface area contributed by atoms with Gasteiger partial charge in [0.15, 0.2) is 0 Å². The summed E-state index contributed by atoms with van der Waals surface area (Å²) in [7, 11) is 3.72. The molecule has 0 saturated carbocycles. The molecule has 0 aliphatic rings. The van der Waals surface area contributed by atoms with Crippen molar-refractivity contribution in [3.8, 4) is 5.75 Å². The van der Waals surface area contributed by atoms with Crippen LogP contribution < -0.4 is 9.64 Å². The predicted molar refractivity (Wildman–Crippen MR) is 95.7 cm³/mol. The fraction of sp³-hybridized carbons (Fsp3) is 0.250. The zero-order chi connectivity index (χ0) is 17.1. The summed E-state index contributed by atoms with van der Waals surface area (Å²) in [6.45, 7) is 2.78. The molecule has 2 N–H and O–H groups in total. The Bertz CT molecular complexity index is 836. The van der Waals surface area contributed by atoms with E-state index in [4.69, 9.17) is 4.74 Å². The number of methoxy groups -OCH3 is 1. The van der Waals surface area contributed by atoms with E-state index in [1.54, 1.807) is 7.11 Å². The Kier molecular flexibility index (Phi) is 4.67. The maximum Gasteiger partial charge on any atom is 0.221 e. The van der Waals surface area contributed by atoms with Crippen LogP contribution in [-0.2, 0) is 6.54 Å². The third-order valence-corrected chi connectivity index (χ3v) is 4.63. The molecule has 0 fully saturated rings. The Hall–Kier alpha value is -2.59. The summed E-state index contributed by atoms with van der Waals surface area (Å²) in [5.41, 5.74) is 2.96. The molecule has 4 nitrogen and oxygen atoms in total. The van der Waals surface area contributed by atoms with Gasteiger partial charge < -0.3 is 14.6 Å². The van der Waals surface area contributed by atoms with Crippen LogP contribution in [0.3, 0.4) is 0 Å². The van der Waals surface area contributed by atoms with Crippen molar-refractivity contribution in [1.82, 2.24) is 4.98 Å². The number of ether oxygens (including phenoxy) is 1. The summed E-state index contributed by atoms with van der Waals surface area (Å²) in [5.74, 6) is 1.01. The number of likely N-dealkylation sites (N-methyl/N-ethyl adjacent to an activating group) is 1. The molecule has 0 radical (unpaired) electrons. The van der Waals surface area contributed by atoms with Crippen molar-refractivity contribution in [1.29, 1.82) is 0 Å². The lowest BCUT2D eigenvalue weighted by Gasteiger charge is -2.20. The first-order chi connectivity index (χ1) is 11.6. The number of hydrogen-bond donors (Lipinski definition) is 2. The lowest BCUT2D eigenvalue weighted by atomic mass is 10.0. The molecule has 2 atom stereocenters. The maximum atomic E-state index is 12.9. The van der Waals surface area contributed by atoms with Crippen molar-refractivity contribution in [3.05, 3.63) is 65.9 Å². The van der Waals surface area contributed by atoms with Gasteiger partial charge in [-0.25, -0.2) is 0 Å². The van der Waals surface area contributed by atoms with Crippen molar-refractivity contribution in [3.63, 3.8) is 0 Å². The predicted octanol–water partition coefficient (Wildman–Crippen LogP) is 2.46. The van der Waals surface area contributed by atoms with Gasteiger partial charge in [-0.2, -0.15) is 0 Å². The molecule has 0 saturated heterocycles. The number of quaternary nitrogens is 1. The second kappa shape index (κ2) is 6.89. The number of nitrogens with one attached hydrogen (secondary N) is 2. The highest BCUT2D eigenvalue weighted by Gasteiger charge is 2.25. The molecule has 0 aliphatic heterocycles. The normalized spacial score (nSPS) is 13.6. The molecule has 1 aromatic heterocycles. The van der Waals surface area contributed by atoms with Crippen LogP contribution in [-0.4, -0.2) is 31.0 Å². The molecule has 4 heteroatoms. The van der Waals surface area contributed by atoms with E-state index >= 15 is 0 Å². The first-order valence-electron chi connectivity index (χ1n) is 8.15. The number of ketones is 1. The van der Waals surface area contributed by atoms with Gasteiger partial charge in [-0.05, 0) is 37.3 Å². The van der Waals surface area contributed by atoms with E-state index in [1.165, 1.54) is 5.56 Å². The number of carbonyl (C=O) groups is 1. The molecule has 24 heavy (non-hydrogen) atoms. The zero-order valence-corrected chi connectivity index (χ0v) is 14.3. The standard InChI is InChI=1S/C20H22N2O2/c1-14(22(2)13-15-8-10-16(24-3)11-9-15)20(23)18-12-21-19-7-5-4-6-17(18)19/h4-12,14,21H,13H2,1-3H3/p+1/t14-/m0/s1. The Morgan fingerprint density at radius 2 is 1.88 bits per heavy atom. The average molecular weight is 323 g/mol. The number of aromatic amines is 1. The summed E-state index contributed by atoms with van der Waals surface area (Å²) in [6.07, 6.45) is 1.82. The monoisotopic (exact) mass is 323 g/mol. The first-order valence-corrected chi connectivity index (χ1v) is 8.15. The third kappa shape index (κ3) is 3.19. The van der Waals surface area contributed by atoms with Crippen LogP contribution in [0.2, 0.25) is 0 Å². The first kappa shape index (κ1) is 16.3. The topological polar surface area (TPSA) is 46.5 Å². The molecule has 0 amide bonds. The van der Waals surface area contributed by atoms with Crippen LogP contribution in [0.5, 0.6) is 5.75 Å². The molecule has 0 bridgehead atoms. The van der Waals surface area contributed by atoms with Crippen LogP contribution in [0, 0.1) is 0 Å². The van der Waals surface area contributed by atoms with Gasteiger partial charge in [0.25, 0.3) is 0 Å². The lowest BCUT2D eigenvalue weighted by Crippen LogP contribution is -3.12. The van der Waals surface area contributed by atoms with E-state index in [-0.39, 0.29) is 11.8 Å². The molecule has 0 spiro atoms. The Morgan fingerprint density at radius 3 is 2.58 bits per heavy atom. The van der Waals surface area contributed by atoms with Gasteiger partial charge in [-0.15, -0.1) is 0 Å². The number of benzene rings is 2. The number of carbonyl (C=O) groups excluding carboxylic acids is 1. The van der Waals surface area contributed by atoms with Gasteiger partial charge in [0.1, 0.15) is 18.3 Å². The number of Topliss-reactive ketones (excluding diaryl/α,β-unsaturated/α-hetero) is 1. The van der Waals surface area contributed by atoms with Crippen molar-refractivity contribution in [2.75, 3.05) is 14.2 Å². The second-order valence-electron chi connectivity index (χ2n) is 6.21. The Morgan fingerprint density at radius 1 is 1.17 bits per heavy atom. The summed E-state index contributed by atoms with van der Waals surface area (Å²) in [5, 5.41) is 0.992. The van der Waals surface area contributed by atoms with Crippen LogP contribution in [0.4, 0.5) is 0 Å². The molecular weight excluding hydrogens is 300 g/mol. The molecule has 2 aromatic carbocycles. The highest BCUT2D eigenvalue weighted by molar-refractivity contribution is 6.09. The smallest absolute Gasteiger partial charge is 0.221 e. The minimum Gasteiger partial charge on any atom is -0.497 e. The van der Waals surface area contributed by atoms with Gasteiger partial charge in [0.05, 0.1) is 14.2 Å². The highest BCUT2D eigenvalue weighted by Crippen LogP contribution is 2.18. The SMILES string of the molecule is COc1ccc(C[NH+](C)[C@@H](C)C(=O)c2c[nH]c3ccccc23)cc1. The summed E-state index contributed by atoms with van der Waals surface area (Å²) >= 11 is 0. The highest BCUT2D eigenvalue weighted by atomic mass is 16.5. The van der Waals surface area contributed by atoms with Gasteiger partial charge >= 0.3 is 0 Å². The zero-order valence-electron chi connectivity index (χ0n) is 14.3. The fourth-order valence-corrected chi connectivity index (χ4v) is 2.95. The maximum absolute atomic E-state index is 12.9. The van der Waals surface area contributed by atoms with Crippen molar-refractivity contribution in [2.24, 2.45) is 0 Å². The quantitative estimate of drug-likeness (QED) is 0.685. The Balaban J connectivity index is 1.74. The van der Waals surface area contributed by atoms with E-state index in [0.717, 1.165) is 33.7 Å². The number of aromatic nitrogens is 1. The summed E-state index contributed by atoms with van der Waals surface area (Å²) in [6, 6.07) is 15.8. The largest absolute Gasteiger partial charge is 0.497 e. The van der Waals surface area contributed by atoms with Crippen molar-refractivity contribution >= 4 is 16.7 Å². The number of H-pyrrole nitrogens is 1. The van der Waals surface area contributed by atoms with Crippen molar-refractivity contribution in [2.45, 2.75) is 19.5 Å². The van der Waals surface area contributed by atoms with E-state index in [1.807, 2.05) is 61.7 Å². The molecule has 1 unspecified atom stereocenters. The van der Waals surface area contributed by atoms with Crippen LogP contribution in [0.15, 0.2) is 54.7 Å². The lowest BCUT2D eigenvalue weighted by molar-refractivity contribution is -0.907. The number of fused-ring (bicyclic) bond motifs is 1. The van der Waals surface area contributed by atoms with E-state index in [2.05, 4.69) is 12.0 Å². The van der Waals surface area contributed by atoms with Gasteiger partial charge in [0, 0.05) is 28.2 Å².